The van der Waals surface area contributed by atoms with E-state index in [1.807, 2.05) is 17.8 Å². The molecule has 0 bridgehead atoms. The Morgan fingerprint density at radius 3 is 2.72 bits per heavy atom. The van der Waals surface area contributed by atoms with E-state index in [0.29, 0.717) is 11.1 Å². The van der Waals surface area contributed by atoms with Gasteiger partial charge in [0, 0.05) is 13.1 Å². The van der Waals surface area contributed by atoms with Gasteiger partial charge in [0.15, 0.2) is 0 Å². The number of benzene rings is 1. The third-order valence-electron chi connectivity index (χ3n) is 5.03. The molecule has 2 aromatic rings. The molecule has 25 heavy (non-hydrogen) atoms. The van der Waals surface area contributed by atoms with Gasteiger partial charge in [-0.15, -0.1) is 0 Å². The third kappa shape index (κ3) is 4.81. The zero-order valence-electron chi connectivity index (χ0n) is 14.9. The summed E-state index contributed by atoms with van der Waals surface area (Å²) in [5, 5.41) is 8.75. The Kier molecular flexibility index (Phi) is 6.10. The Morgan fingerprint density at radius 1 is 1.32 bits per heavy atom. The van der Waals surface area contributed by atoms with E-state index in [4.69, 9.17) is 11.6 Å². The minimum atomic E-state index is -0.184. The predicted octanol–water partition coefficient (Wildman–Crippen LogP) is 3.57. The second-order valence-electron chi connectivity index (χ2n) is 6.97. The summed E-state index contributed by atoms with van der Waals surface area (Å²) in [6, 6.07) is 7.41. The molecule has 1 atom stereocenters. The molecule has 136 valence electrons. The quantitative estimate of drug-likeness (QED) is 0.850. The number of nitrogens with one attached hydrogen (secondary N) is 1. The normalized spacial score (nSPS) is 17.8. The first kappa shape index (κ1) is 18.4. The summed E-state index contributed by atoms with van der Waals surface area (Å²) in [5.41, 5.74) is 2.02. The van der Waals surface area contributed by atoms with Crippen molar-refractivity contribution >= 4 is 11.6 Å². The summed E-state index contributed by atoms with van der Waals surface area (Å²) in [5.74, 6) is -0.184. The smallest absolute Gasteiger partial charge is 0.123 e. The highest BCUT2D eigenvalue weighted by Gasteiger charge is 2.24. The number of aryl methyl sites for hydroxylation is 2. The second-order valence-corrected chi connectivity index (χ2v) is 7.37. The van der Waals surface area contributed by atoms with Crippen molar-refractivity contribution in [3.05, 3.63) is 52.6 Å². The second kappa shape index (κ2) is 8.30. The first-order chi connectivity index (χ1) is 12.0. The van der Waals surface area contributed by atoms with Gasteiger partial charge in [0.1, 0.15) is 5.82 Å². The highest BCUT2D eigenvalue weighted by Crippen LogP contribution is 2.27. The molecule has 0 spiro atoms. The van der Waals surface area contributed by atoms with Gasteiger partial charge in [0.05, 0.1) is 23.0 Å². The summed E-state index contributed by atoms with van der Waals surface area (Å²) in [6.45, 7) is 2.21. The number of rotatable bonds is 6. The third-order valence-corrected chi connectivity index (χ3v) is 5.33. The van der Waals surface area contributed by atoms with Crippen LogP contribution in [0.25, 0.3) is 0 Å². The standard InChI is InChI=1S/C19H26ClFN4/c1-24-10-8-16(9-11-24)23-18(19-17(20)13-22-25(19)2)7-6-14-4-3-5-15(21)12-14/h3-5,12-13,16,18,23H,6-11H2,1-2H3. The Bertz CT molecular complexity index is 675. The molecule has 3 rings (SSSR count). The van der Waals surface area contributed by atoms with Gasteiger partial charge in [-0.3, -0.25) is 4.68 Å². The molecular formula is C19H26ClFN4. The van der Waals surface area contributed by atoms with Crippen LogP contribution in [-0.2, 0) is 13.5 Å². The average molecular weight is 365 g/mol. The molecule has 0 saturated carbocycles. The van der Waals surface area contributed by atoms with Gasteiger partial charge in [-0.25, -0.2) is 4.39 Å². The Hall–Kier alpha value is -1.43. The summed E-state index contributed by atoms with van der Waals surface area (Å²) in [4.78, 5) is 2.36. The Morgan fingerprint density at radius 2 is 2.08 bits per heavy atom. The number of aromatic nitrogens is 2. The molecule has 0 amide bonds. The van der Waals surface area contributed by atoms with Gasteiger partial charge in [0.25, 0.3) is 0 Å². The molecule has 4 nitrogen and oxygen atoms in total. The predicted molar refractivity (Wildman–Crippen MR) is 99.3 cm³/mol. The average Bonchev–Trinajstić information content (AvgIpc) is 2.92. The highest BCUT2D eigenvalue weighted by molar-refractivity contribution is 6.31. The lowest BCUT2D eigenvalue weighted by atomic mass is 9.99. The van der Waals surface area contributed by atoms with E-state index in [1.165, 1.54) is 6.07 Å². The molecule has 1 fully saturated rings. The maximum absolute atomic E-state index is 13.4. The fourth-order valence-electron chi connectivity index (χ4n) is 3.57. The fraction of sp³-hybridized carbons (Fsp3) is 0.526. The van der Waals surface area contributed by atoms with E-state index in [1.54, 1.807) is 18.3 Å². The van der Waals surface area contributed by atoms with Crippen LogP contribution in [0.2, 0.25) is 5.02 Å². The molecule has 1 aromatic carbocycles. The lowest BCUT2D eigenvalue weighted by Gasteiger charge is -2.33. The molecule has 1 saturated heterocycles. The zero-order valence-corrected chi connectivity index (χ0v) is 15.6. The fourth-order valence-corrected chi connectivity index (χ4v) is 3.87. The van der Waals surface area contributed by atoms with E-state index >= 15 is 0 Å². The summed E-state index contributed by atoms with van der Waals surface area (Å²) < 4.78 is 15.3. The van der Waals surface area contributed by atoms with Crippen LogP contribution in [-0.4, -0.2) is 40.9 Å². The van der Waals surface area contributed by atoms with Gasteiger partial charge >= 0.3 is 0 Å². The topological polar surface area (TPSA) is 33.1 Å². The molecule has 0 radical (unpaired) electrons. The van der Waals surface area contributed by atoms with E-state index in [2.05, 4.69) is 22.4 Å². The molecule has 1 aliphatic rings. The minimum absolute atomic E-state index is 0.108. The molecule has 0 aliphatic carbocycles. The van der Waals surface area contributed by atoms with Crippen LogP contribution >= 0.6 is 11.6 Å². The molecular weight excluding hydrogens is 339 g/mol. The van der Waals surface area contributed by atoms with Crippen LogP contribution in [0.5, 0.6) is 0 Å². The van der Waals surface area contributed by atoms with Crippen molar-refractivity contribution in [2.75, 3.05) is 20.1 Å². The highest BCUT2D eigenvalue weighted by atomic mass is 35.5. The number of piperidine rings is 1. The van der Waals surface area contributed by atoms with E-state index in [0.717, 1.165) is 50.0 Å². The summed E-state index contributed by atoms with van der Waals surface area (Å²) >= 11 is 6.40. The van der Waals surface area contributed by atoms with Gasteiger partial charge < -0.3 is 10.2 Å². The lowest BCUT2D eigenvalue weighted by Crippen LogP contribution is -2.42. The van der Waals surface area contributed by atoms with Crippen molar-refractivity contribution in [2.24, 2.45) is 7.05 Å². The SMILES string of the molecule is CN1CCC(NC(CCc2cccc(F)c2)c2c(Cl)cnn2C)CC1. The van der Waals surface area contributed by atoms with Crippen LogP contribution in [0.1, 0.15) is 36.6 Å². The minimum Gasteiger partial charge on any atom is -0.306 e. The van der Waals surface area contributed by atoms with Crippen LogP contribution in [0, 0.1) is 5.82 Å². The van der Waals surface area contributed by atoms with Crippen molar-refractivity contribution in [3.8, 4) is 0 Å². The monoisotopic (exact) mass is 364 g/mol. The van der Waals surface area contributed by atoms with Gasteiger partial charge in [-0.2, -0.15) is 5.10 Å². The number of hydrogen-bond acceptors (Lipinski definition) is 3. The van der Waals surface area contributed by atoms with Crippen LogP contribution in [0.4, 0.5) is 4.39 Å². The van der Waals surface area contributed by atoms with Gasteiger partial charge in [0.2, 0.25) is 0 Å². The van der Waals surface area contributed by atoms with E-state index < -0.39 is 0 Å². The zero-order chi connectivity index (χ0) is 17.8. The summed E-state index contributed by atoms with van der Waals surface area (Å²) in [7, 11) is 4.09. The van der Waals surface area contributed by atoms with Crippen LogP contribution in [0.15, 0.2) is 30.5 Å². The number of nitrogens with zero attached hydrogens (tertiary/aromatic N) is 3. The van der Waals surface area contributed by atoms with E-state index in [9.17, 15) is 4.39 Å². The molecule has 6 heteroatoms. The molecule has 1 aliphatic heterocycles. The Balaban J connectivity index is 1.72. The maximum atomic E-state index is 13.4. The van der Waals surface area contributed by atoms with Gasteiger partial charge in [-0.1, -0.05) is 23.7 Å². The van der Waals surface area contributed by atoms with Crippen LogP contribution in [0.3, 0.4) is 0 Å². The number of likely N-dealkylation sites (tertiary alicyclic amines) is 1. The van der Waals surface area contributed by atoms with Crippen molar-refractivity contribution in [2.45, 2.75) is 37.8 Å². The van der Waals surface area contributed by atoms with Crippen molar-refractivity contribution in [1.82, 2.24) is 20.0 Å². The largest absolute Gasteiger partial charge is 0.306 e. The molecule has 1 N–H and O–H groups in total. The lowest BCUT2D eigenvalue weighted by molar-refractivity contribution is 0.221. The van der Waals surface area contributed by atoms with Crippen molar-refractivity contribution < 1.29 is 4.39 Å². The van der Waals surface area contributed by atoms with E-state index in [-0.39, 0.29) is 11.9 Å². The number of hydrogen-bond donors (Lipinski definition) is 1. The first-order valence-corrected chi connectivity index (χ1v) is 9.27. The summed E-state index contributed by atoms with van der Waals surface area (Å²) in [6.07, 6.45) is 5.60. The first-order valence-electron chi connectivity index (χ1n) is 8.89. The number of halogens is 2. The van der Waals surface area contributed by atoms with Gasteiger partial charge in [-0.05, 0) is 63.5 Å². The van der Waals surface area contributed by atoms with Crippen LogP contribution < -0.4 is 5.32 Å². The molecule has 1 unspecified atom stereocenters. The van der Waals surface area contributed by atoms with Crippen molar-refractivity contribution in [1.29, 1.82) is 0 Å². The Labute approximate surface area is 154 Å². The molecule has 1 aromatic heterocycles. The van der Waals surface area contributed by atoms with Crippen molar-refractivity contribution in [3.63, 3.8) is 0 Å². The maximum Gasteiger partial charge on any atom is 0.123 e. The molecule has 2 heterocycles.